The third-order valence-corrected chi connectivity index (χ3v) is 0.951. The number of carbonyl (C=O) groups is 1. The SMILES string of the molecule is O=C(Br)CCl. The minimum Gasteiger partial charge on any atom is -0.285 e. The second-order valence-corrected chi connectivity index (χ2v) is 1.64. The van der Waals surface area contributed by atoms with Crippen molar-refractivity contribution >= 4 is 32.2 Å². The van der Waals surface area contributed by atoms with Crippen LogP contribution in [0.1, 0.15) is 0 Å². The number of hydrogen-bond donors (Lipinski definition) is 0. The van der Waals surface area contributed by atoms with Crippen molar-refractivity contribution in [1.82, 2.24) is 0 Å². The van der Waals surface area contributed by atoms with E-state index in [0.717, 1.165) is 0 Å². The molecule has 0 spiro atoms. The van der Waals surface area contributed by atoms with E-state index in [1.54, 1.807) is 0 Å². The third kappa shape index (κ3) is 4.44. The zero-order chi connectivity index (χ0) is 4.28. The number of alkyl halides is 1. The van der Waals surface area contributed by atoms with Gasteiger partial charge in [0.2, 0.25) is 4.69 Å². The summed E-state index contributed by atoms with van der Waals surface area (Å²) in [6.45, 7) is 0. The van der Waals surface area contributed by atoms with Gasteiger partial charge in [-0.05, 0) is 15.9 Å². The molecule has 0 aliphatic carbocycles. The molecular formula is C2H2BrClO. The molecule has 0 aliphatic rings. The molecule has 0 unspecified atom stereocenters. The lowest BCUT2D eigenvalue weighted by atomic mass is 10.9. The molecule has 0 fully saturated rings. The summed E-state index contributed by atoms with van der Waals surface area (Å²) in [6, 6.07) is 0. The highest BCUT2D eigenvalue weighted by Crippen LogP contribution is 1.84. The van der Waals surface area contributed by atoms with E-state index in [1.165, 1.54) is 0 Å². The van der Waals surface area contributed by atoms with Crippen LogP contribution in [0.4, 0.5) is 0 Å². The summed E-state index contributed by atoms with van der Waals surface area (Å²) in [7, 11) is 0. The number of rotatable bonds is 1. The second kappa shape index (κ2) is 2.67. The fourth-order valence-corrected chi connectivity index (χ4v) is 0. The van der Waals surface area contributed by atoms with Gasteiger partial charge >= 0.3 is 0 Å². The highest BCUT2D eigenvalue weighted by molar-refractivity contribution is 9.18. The first-order valence-corrected chi connectivity index (χ1v) is 2.34. The molecular weight excluding hydrogens is 155 g/mol. The van der Waals surface area contributed by atoms with Gasteiger partial charge in [-0.15, -0.1) is 11.6 Å². The molecule has 0 radical (unpaired) electrons. The maximum Gasteiger partial charge on any atom is 0.212 e. The molecule has 0 amide bonds. The van der Waals surface area contributed by atoms with Gasteiger partial charge < -0.3 is 0 Å². The first-order valence-electron chi connectivity index (χ1n) is 1.01. The molecule has 0 aromatic heterocycles. The molecule has 0 bridgehead atoms. The number of hydrogen-bond acceptors (Lipinski definition) is 1. The first-order chi connectivity index (χ1) is 2.27. The van der Waals surface area contributed by atoms with Gasteiger partial charge in [0.15, 0.2) is 0 Å². The summed E-state index contributed by atoms with van der Waals surface area (Å²) in [4.78, 5) is 9.60. The Morgan fingerprint density at radius 2 is 2.20 bits per heavy atom. The van der Waals surface area contributed by atoms with Crippen LogP contribution in [-0.4, -0.2) is 10.6 Å². The van der Waals surface area contributed by atoms with Crippen molar-refractivity contribution < 1.29 is 4.79 Å². The fraction of sp³-hybridized carbons (Fsp3) is 0.500. The van der Waals surface area contributed by atoms with Crippen LogP contribution in [0.5, 0.6) is 0 Å². The van der Waals surface area contributed by atoms with Gasteiger partial charge in [0.1, 0.15) is 0 Å². The van der Waals surface area contributed by atoms with Gasteiger partial charge in [-0.25, -0.2) is 0 Å². The Morgan fingerprint density at radius 1 is 2.00 bits per heavy atom. The van der Waals surface area contributed by atoms with E-state index in [4.69, 9.17) is 11.6 Å². The average molecular weight is 157 g/mol. The monoisotopic (exact) mass is 156 g/mol. The first kappa shape index (κ1) is 5.44. The Labute approximate surface area is 43.4 Å². The predicted molar refractivity (Wildman–Crippen MR) is 24.7 cm³/mol. The lowest BCUT2D eigenvalue weighted by Crippen LogP contribution is -1.80. The zero-order valence-electron chi connectivity index (χ0n) is 2.37. The van der Waals surface area contributed by atoms with Crippen molar-refractivity contribution in [3.8, 4) is 0 Å². The zero-order valence-corrected chi connectivity index (χ0v) is 4.71. The smallest absolute Gasteiger partial charge is 0.212 e. The standard InChI is InChI=1S/C2H2BrClO/c3-2(5)1-4/h1H2. The van der Waals surface area contributed by atoms with E-state index in [0.29, 0.717) is 0 Å². The molecule has 0 atom stereocenters. The van der Waals surface area contributed by atoms with Gasteiger partial charge in [-0.1, -0.05) is 0 Å². The summed E-state index contributed by atoms with van der Waals surface area (Å²) in [5, 5.41) is 0. The lowest BCUT2D eigenvalue weighted by Gasteiger charge is -1.66. The topological polar surface area (TPSA) is 17.1 Å². The molecule has 30 valence electrons. The molecule has 0 aromatic rings. The van der Waals surface area contributed by atoms with Crippen LogP contribution >= 0.6 is 27.5 Å². The van der Waals surface area contributed by atoms with Crippen molar-refractivity contribution in [3.63, 3.8) is 0 Å². The van der Waals surface area contributed by atoms with Crippen LogP contribution in [0, 0.1) is 0 Å². The number of halogens is 2. The molecule has 0 aliphatic heterocycles. The van der Waals surface area contributed by atoms with Crippen molar-refractivity contribution in [3.05, 3.63) is 0 Å². The van der Waals surface area contributed by atoms with Crippen LogP contribution in [0.15, 0.2) is 0 Å². The molecule has 0 N–H and O–H groups in total. The van der Waals surface area contributed by atoms with Crippen molar-refractivity contribution in [2.75, 3.05) is 5.88 Å². The fourth-order valence-electron chi connectivity index (χ4n) is 0. The van der Waals surface area contributed by atoms with Gasteiger partial charge in [0, 0.05) is 0 Å². The maximum atomic E-state index is 9.60. The number of carbonyl (C=O) groups excluding carboxylic acids is 1. The molecule has 0 saturated heterocycles. The Balaban J connectivity index is 2.85. The predicted octanol–water partition coefficient (Wildman–Crippen LogP) is 1.15. The highest BCUT2D eigenvalue weighted by atomic mass is 79.9. The third-order valence-electron chi connectivity index (χ3n) is 0.105. The normalized spacial score (nSPS) is 7.60. The Morgan fingerprint density at radius 3 is 2.20 bits per heavy atom. The van der Waals surface area contributed by atoms with Crippen LogP contribution in [-0.2, 0) is 4.79 Å². The largest absolute Gasteiger partial charge is 0.285 e. The summed E-state index contributed by atoms with van der Waals surface area (Å²) in [5.41, 5.74) is 0. The van der Waals surface area contributed by atoms with Crippen LogP contribution in [0.3, 0.4) is 0 Å². The second-order valence-electron chi connectivity index (χ2n) is 0.489. The summed E-state index contributed by atoms with van der Waals surface area (Å²) in [6.07, 6.45) is 0. The van der Waals surface area contributed by atoms with E-state index in [1.807, 2.05) is 0 Å². The van der Waals surface area contributed by atoms with Gasteiger partial charge in [0.25, 0.3) is 0 Å². The van der Waals surface area contributed by atoms with Crippen molar-refractivity contribution in [2.45, 2.75) is 0 Å². The minimum atomic E-state index is -0.167. The van der Waals surface area contributed by atoms with Gasteiger partial charge in [-0.3, -0.25) is 4.79 Å². The van der Waals surface area contributed by atoms with Crippen molar-refractivity contribution in [1.29, 1.82) is 0 Å². The summed E-state index contributed by atoms with van der Waals surface area (Å²) < 4.78 is -0.167. The summed E-state index contributed by atoms with van der Waals surface area (Å²) >= 11 is 7.54. The van der Waals surface area contributed by atoms with E-state index >= 15 is 0 Å². The summed E-state index contributed by atoms with van der Waals surface area (Å²) in [5.74, 6) is 0.0556. The Bertz CT molecular complexity index is 44.9. The van der Waals surface area contributed by atoms with E-state index in [9.17, 15) is 4.79 Å². The van der Waals surface area contributed by atoms with E-state index in [-0.39, 0.29) is 10.6 Å². The lowest BCUT2D eigenvalue weighted by molar-refractivity contribution is -0.108. The van der Waals surface area contributed by atoms with Crippen molar-refractivity contribution in [2.24, 2.45) is 0 Å². The quantitative estimate of drug-likeness (QED) is 0.412. The molecule has 1 nitrogen and oxygen atoms in total. The molecule has 0 heterocycles. The Kier molecular flexibility index (Phi) is 2.90. The minimum absolute atomic E-state index is 0.0556. The molecule has 0 aromatic carbocycles. The van der Waals surface area contributed by atoms with Crippen LogP contribution in [0.2, 0.25) is 0 Å². The van der Waals surface area contributed by atoms with E-state index < -0.39 is 0 Å². The Hall–Kier alpha value is 0.440. The highest BCUT2D eigenvalue weighted by Gasteiger charge is 1.82. The van der Waals surface area contributed by atoms with Crippen LogP contribution < -0.4 is 0 Å². The molecule has 3 heteroatoms. The van der Waals surface area contributed by atoms with Gasteiger partial charge in [0.05, 0.1) is 5.88 Å². The molecule has 5 heavy (non-hydrogen) atoms. The van der Waals surface area contributed by atoms with Crippen LogP contribution in [0.25, 0.3) is 0 Å². The average Bonchev–Trinajstić information content (AvgIpc) is 1.38. The maximum absolute atomic E-state index is 9.60. The molecule has 0 saturated carbocycles. The molecule has 0 rings (SSSR count). The van der Waals surface area contributed by atoms with Gasteiger partial charge in [-0.2, -0.15) is 0 Å². The van der Waals surface area contributed by atoms with E-state index in [2.05, 4.69) is 15.9 Å².